The third-order valence-corrected chi connectivity index (χ3v) is 3.65. The second-order valence-electron chi connectivity index (χ2n) is 4.26. The largest absolute Gasteiger partial charge is 0.489 e. The van der Waals surface area contributed by atoms with Gasteiger partial charge in [-0.3, -0.25) is 4.79 Å². The minimum atomic E-state index is -0.457. The van der Waals surface area contributed by atoms with Gasteiger partial charge < -0.3 is 16.2 Å². The zero-order valence-corrected chi connectivity index (χ0v) is 10.9. The average Bonchev–Trinajstić information content (AvgIpc) is 2.64. The van der Waals surface area contributed by atoms with Gasteiger partial charge in [0.2, 0.25) is 5.91 Å². The molecule has 17 heavy (non-hydrogen) atoms. The van der Waals surface area contributed by atoms with Crippen LogP contribution in [0.3, 0.4) is 0 Å². The van der Waals surface area contributed by atoms with Crippen molar-refractivity contribution in [3.05, 3.63) is 28.2 Å². The number of ether oxygens (including phenoxy) is 1. The maximum atomic E-state index is 11.1. The van der Waals surface area contributed by atoms with Crippen LogP contribution in [-0.2, 0) is 0 Å². The zero-order chi connectivity index (χ0) is 12.4. The smallest absolute Gasteiger partial charge is 0.249 e. The highest BCUT2D eigenvalue weighted by atomic mass is 79.9. The number of nitrogens with two attached hydrogens (primary N) is 2. The van der Waals surface area contributed by atoms with Crippen molar-refractivity contribution < 1.29 is 9.53 Å². The summed E-state index contributed by atoms with van der Waals surface area (Å²) in [6.45, 7) is 0. The fourth-order valence-corrected chi connectivity index (χ4v) is 2.60. The van der Waals surface area contributed by atoms with Crippen LogP contribution in [0.5, 0.6) is 5.75 Å². The number of amides is 1. The van der Waals surface area contributed by atoms with Gasteiger partial charge in [-0.1, -0.05) is 0 Å². The van der Waals surface area contributed by atoms with Gasteiger partial charge in [0.25, 0.3) is 0 Å². The van der Waals surface area contributed by atoms with Crippen LogP contribution in [0.1, 0.15) is 29.6 Å². The van der Waals surface area contributed by atoms with Crippen LogP contribution < -0.4 is 16.2 Å². The van der Waals surface area contributed by atoms with Crippen LogP contribution in [0.25, 0.3) is 0 Å². The molecule has 0 aliphatic heterocycles. The van der Waals surface area contributed by atoms with E-state index in [0.717, 1.165) is 19.3 Å². The Hall–Kier alpha value is -1.07. The monoisotopic (exact) mass is 298 g/mol. The summed E-state index contributed by atoms with van der Waals surface area (Å²) in [4.78, 5) is 11.1. The number of halogens is 1. The Morgan fingerprint density at radius 1 is 1.41 bits per heavy atom. The molecule has 2 unspecified atom stereocenters. The Morgan fingerprint density at radius 2 is 2.18 bits per heavy atom. The van der Waals surface area contributed by atoms with E-state index in [0.29, 0.717) is 15.8 Å². The van der Waals surface area contributed by atoms with Crippen molar-refractivity contribution >= 4 is 21.8 Å². The molecule has 1 saturated carbocycles. The molecule has 0 radical (unpaired) electrons. The number of rotatable bonds is 3. The summed E-state index contributed by atoms with van der Waals surface area (Å²) in [6.07, 6.45) is 3.16. The third-order valence-electron chi connectivity index (χ3n) is 3.00. The molecule has 5 heteroatoms. The first-order chi connectivity index (χ1) is 8.08. The second-order valence-corrected chi connectivity index (χ2v) is 5.11. The van der Waals surface area contributed by atoms with Gasteiger partial charge in [-0.15, -0.1) is 0 Å². The molecule has 1 aromatic rings. The molecule has 2 rings (SSSR count). The lowest BCUT2D eigenvalue weighted by Gasteiger charge is -2.18. The molecule has 0 heterocycles. The van der Waals surface area contributed by atoms with Gasteiger partial charge >= 0.3 is 0 Å². The standard InChI is InChI=1S/C12H15BrN2O2/c13-9-6-7(4-5-8(9)12(15)16)17-11-3-1-2-10(11)14/h4-6,10-11H,1-3,14H2,(H2,15,16). The lowest BCUT2D eigenvalue weighted by atomic mass is 10.2. The van der Waals surface area contributed by atoms with Gasteiger partial charge in [0.05, 0.1) is 5.56 Å². The molecule has 0 saturated heterocycles. The highest BCUT2D eigenvalue weighted by Crippen LogP contribution is 2.27. The minimum absolute atomic E-state index is 0.0707. The van der Waals surface area contributed by atoms with Gasteiger partial charge in [0.1, 0.15) is 11.9 Å². The summed E-state index contributed by atoms with van der Waals surface area (Å²) in [7, 11) is 0. The molecule has 0 spiro atoms. The summed E-state index contributed by atoms with van der Waals surface area (Å²) in [5.41, 5.74) is 11.6. The molecular weight excluding hydrogens is 284 g/mol. The maximum Gasteiger partial charge on any atom is 0.249 e. The van der Waals surface area contributed by atoms with Crippen molar-refractivity contribution in [2.24, 2.45) is 11.5 Å². The van der Waals surface area contributed by atoms with Crippen molar-refractivity contribution in [1.82, 2.24) is 0 Å². The second kappa shape index (κ2) is 5.06. The first-order valence-electron chi connectivity index (χ1n) is 5.59. The highest BCUT2D eigenvalue weighted by molar-refractivity contribution is 9.10. The predicted molar refractivity (Wildman–Crippen MR) is 68.9 cm³/mol. The fourth-order valence-electron chi connectivity index (χ4n) is 2.04. The van der Waals surface area contributed by atoms with E-state index in [2.05, 4.69) is 15.9 Å². The maximum absolute atomic E-state index is 11.1. The van der Waals surface area contributed by atoms with E-state index in [1.165, 1.54) is 0 Å². The number of hydrogen-bond acceptors (Lipinski definition) is 3. The molecule has 1 amide bonds. The van der Waals surface area contributed by atoms with Crippen LogP contribution in [0.4, 0.5) is 0 Å². The number of primary amides is 1. The Morgan fingerprint density at radius 3 is 2.71 bits per heavy atom. The number of carbonyl (C=O) groups is 1. The van der Waals surface area contributed by atoms with E-state index >= 15 is 0 Å². The Balaban J connectivity index is 2.12. The fraction of sp³-hybridized carbons (Fsp3) is 0.417. The molecule has 4 nitrogen and oxygen atoms in total. The van der Waals surface area contributed by atoms with Gasteiger partial charge in [0, 0.05) is 10.5 Å². The van der Waals surface area contributed by atoms with E-state index in [1.807, 2.05) is 0 Å². The predicted octanol–water partition coefficient (Wildman–Crippen LogP) is 1.81. The van der Waals surface area contributed by atoms with Gasteiger partial charge in [-0.25, -0.2) is 0 Å². The summed E-state index contributed by atoms with van der Waals surface area (Å²) < 4.78 is 6.44. The topological polar surface area (TPSA) is 78.3 Å². The SMILES string of the molecule is NC(=O)c1ccc(OC2CCCC2N)cc1Br. The van der Waals surface area contributed by atoms with E-state index in [4.69, 9.17) is 16.2 Å². The van der Waals surface area contributed by atoms with Crippen molar-refractivity contribution in [3.63, 3.8) is 0 Å². The first-order valence-corrected chi connectivity index (χ1v) is 6.39. The van der Waals surface area contributed by atoms with Crippen LogP contribution in [0.2, 0.25) is 0 Å². The van der Waals surface area contributed by atoms with Crippen LogP contribution in [-0.4, -0.2) is 18.1 Å². The number of hydrogen-bond donors (Lipinski definition) is 2. The van der Waals surface area contributed by atoms with E-state index in [1.54, 1.807) is 18.2 Å². The van der Waals surface area contributed by atoms with Gasteiger partial charge in [-0.05, 0) is 53.4 Å². The molecule has 0 aromatic heterocycles. The zero-order valence-electron chi connectivity index (χ0n) is 9.36. The first kappa shape index (κ1) is 12.4. The Bertz CT molecular complexity index is 437. The lowest BCUT2D eigenvalue weighted by molar-refractivity contribution is 0.0999. The summed E-state index contributed by atoms with van der Waals surface area (Å²) in [5.74, 6) is 0.255. The van der Waals surface area contributed by atoms with E-state index < -0.39 is 5.91 Å². The highest BCUT2D eigenvalue weighted by Gasteiger charge is 2.25. The minimum Gasteiger partial charge on any atom is -0.489 e. The number of benzene rings is 1. The molecule has 1 aliphatic carbocycles. The van der Waals surface area contributed by atoms with Crippen LogP contribution >= 0.6 is 15.9 Å². The molecule has 1 aromatic carbocycles. The van der Waals surface area contributed by atoms with Crippen molar-refractivity contribution in [1.29, 1.82) is 0 Å². The van der Waals surface area contributed by atoms with Crippen LogP contribution in [0.15, 0.2) is 22.7 Å². The Kier molecular flexibility index (Phi) is 3.69. The average molecular weight is 299 g/mol. The molecular formula is C12H15BrN2O2. The summed E-state index contributed by atoms with van der Waals surface area (Å²) in [5, 5.41) is 0. The van der Waals surface area contributed by atoms with Crippen molar-refractivity contribution in [3.8, 4) is 5.75 Å². The molecule has 1 fully saturated rings. The van der Waals surface area contributed by atoms with E-state index in [-0.39, 0.29) is 12.1 Å². The molecule has 1 aliphatic rings. The van der Waals surface area contributed by atoms with E-state index in [9.17, 15) is 4.79 Å². The summed E-state index contributed by atoms with van der Waals surface area (Å²) in [6, 6.07) is 5.26. The number of carbonyl (C=O) groups excluding carboxylic acids is 1. The van der Waals surface area contributed by atoms with Crippen molar-refractivity contribution in [2.45, 2.75) is 31.4 Å². The lowest BCUT2D eigenvalue weighted by Crippen LogP contribution is -2.33. The Labute approximate surface area is 108 Å². The van der Waals surface area contributed by atoms with Gasteiger partial charge in [0.15, 0.2) is 0 Å². The van der Waals surface area contributed by atoms with Crippen molar-refractivity contribution in [2.75, 3.05) is 0 Å². The van der Waals surface area contributed by atoms with Gasteiger partial charge in [-0.2, -0.15) is 0 Å². The third kappa shape index (κ3) is 2.79. The molecule has 92 valence electrons. The normalized spacial score (nSPS) is 23.6. The molecule has 2 atom stereocenters. The summed E-state index contributed by atoms with van der Waals surface area (Å²) >= 11 is 3.30. The quantitative estimate of drug-likeness (QED) is 0.893. The molecule has 0 bridgehead atoms. The molecule has 4 N–H and O–H groups in total. The van der Waals surface area contributed by atoms with Crippen LogP contribution in [0, 0.1) is 0 Å².